The van der Waals surface area contributed by atoms with Gasteiger partial charge in [0, 0.05) is 47.4 Å². The Morgan fingerprint density at radius 2 is 1.88 bits per heavy atom. The number of aromatic nitrogens is 2. The molecule has 0 spiro atoms. The van der Waals surface area contributed by atoms with E-state index in [0.717, 1.165) is 65.6 Å². The van der Waals surface area contributed by atoms with E-state index in [0.29, 0.717) is 5.91 Å². The minimum atomic E-state index is 0.121. The minimum Gasteiger partial charge on any atom is -0.488 e. The number of aryl methyl sites for hydroxylation is 1. The summed E-state index contributed by atoms with van der Waals surface area (Å²) in [6.07, 6.45) is 7.99. The van der Waals surface area contributed by atoms with Crippen LogP contribution in [0.3, 0.4) is 0 Å². The summed E-state index contributed by atoms with van der Waals surface area (Å²) < 4.78 is 7.26. The van der Waals surface area contributed by atoms with E-state index in [1.54, 1.807) is 6.33 Å². The quantitative estimate of drug-likeness (QED) is 0.748. The van der Waals surface area contributed by atoms with E-state index in [2.05, 4.69) is 25.9 Å². The van der Waals surface area contributed by atoms with Gasteiger partial charge in [-0.25, -0.2) is 9.97 Å². The fourth-order valence-corrected chi connectivity index (χ4v) is 4.56. The lowest BCUT2D eigenvalue weighted by atomic mass is 10.0. The Morgan fingerprint density at radius 3 is 2.62 bits per heavy atom. The Bertz CT molecular complexity index is 812. The van der Waals surface area contributed by atoms with Gasteiger partial charge in [-0.05, 0) is 31.9 Å². The van der Waals surface area contributed by atoms with E-state index in [4.69, 9.17) is 4.74 Å². The number of amides is 1. The van der Waals surface area contributed by atoms with Gasteiger partial charge in [-0.2, -0.15) is 0 Å². The second-order valence-corrected chi connectivity index (χ2v) is 8.30. The van der Waals surface area contributed by atoms with E-state index in [-0.39, 0.29) is 12.0 Å². The normalized spacial score (nSPS) is 19.2. The number of hydrogen-bond acceptors (Lipinski definition) is 4. The molecule has 0 bridgehead atoms. The predicted octanol–water partition coefficient (Wildman–Crippen LogP) is 4.26. The molecule has 1 saturated carbocycles. The van der Waals surface area contributed by atoms with Crippen molar-refractivity contribution < 1.29 is 9.53 Å². The van der Waals surface area contributed by atoms with E-state index >= 15 is 0 Å². The third-order valence-corrected chi connectivity index (χ3v) is 6.08. The molecule has 2 aromatic rings. The summed E-state index contributed by atoms with van der Waals surface area (Å²) in [5, 5.41) is 1.01. The van der Waals surface area contributed by atoms with Crippen LogP contribution in [0.5, 0.6) is 5.75 Å². The van der Waals surface area contributed by atoms with Gasteiger partial charge >= 0.3 is 0 Å². The first-order chi connectivity index (χ1) is 12.6. The maximum absolute atomic E-state index is 12.6. The molecule has 1 amide bonds. The number of fused-ring (bicyclic) bond motifs is 1. The number of nitrogens with zero attached hydrogens (tertiary/aromatic N) is 3. The van der Waals surface area contributed by atoms with Crippen molar-refractivity contribution in [3.63, 3.8) is 0 Å². The first kappa shape index (κ1) is 17.7. The van der Waals surface area contributed by atoms with Crippen molar-refractivity contribution >= 4 is 32.7 Å². The molecule has 1 aliphatic carbocycles. The lowest BCUT2D eigenvalue weighted by Crippen LogP contribution is -2.44. The lowest BCUT2D eigenvalue weighted by molar-refractivity contribution is -0.137. The molecule has 0 unspecified atom stereocenters. The van der Waals surface area contributed by atoms with Gasteiger partial charge in [0.25, 0.3) is 0 Å². The van der Waals surface area contributed by atoms with Crippen LogP contribution in [0.15, 0.2) is 22.9 Å². The average molecular weight is 418 g/mol. The second-order valence-electron chi connectivity index (χ2n) is 7.38. The summed E-state index contributed by atoms with van der Waals surface area (Å²) >= 11 is 3.56. The summed E-state index contributed by atoms with van der Waals surface area (Å²) in [5.74, 6) is 1.42. The van der Waals surface area contributed by atoms with E-state index in [1.165, 1.54) is 12.8 Å². The Hall–Kier alpha value is -1.69. The average Bonchev–Trinajstić information content (AvgIpc) is 3.17. The zero-order chi connectivity index (χ0) is 18.1. The molecule has 2 fully saturated rings. The van der Waals surface area contributed by atoms with Gasteiger partial charge in [0.2, 0.25) is 5.91 Å². The van der Waals surface area contributed by atoms with E-state index < -0.39 is 0 Å². The van der Waals surface area contributed by atoms with Crippen LogP contribution in [0.2, 0.25) is 0 Å². The van der Waals surface area contributed by atoms with Crippen LogP contribution >= 0.6 is 15.9 Å². The molecule has 2 aliphatic rings. The number of carbonyl (C=O) groups is 1. The van der Waals surface area contributed by atoms with Crippen molar-refractivity contribution in [2.24, 2.45) is 5.92 Å². The van der Waals surface area contributed by atoms with Crippen molar-refractivity contribution in [2.75, 3.05) is 13.1 Å². The summed E-state index contributed by atoms with van der Waals surface area (Å²) in [7, 11) is 0. The molecule has 0 N–H and O–H groups in total. The molecular weight excluding hydrogens is 394 g/mol. The largest absolute Gasteiger partial charge is 0.488 e. The fourth-order valence-electron chi connectivity index (χ4n) is 4.12. The molecule has 0 radical (unpaired) electrons. The van der Waals surface area contributed by atoms with Crippen molar-refractivity contribution in [1.82, 2.24) is 14.9 Å². The number of hydrogen-bond donors (Lipinski definition) is 0. The van der Waals surface area contributed by atoms with Gasteiger partial charge in [0.05, 0.1) is 0 Å². The van der Waals surface area contributed by atoms with Crippen LogP contribution in [0.1, 0.15) is 44.2 Å². The van der Waals surface area contributed by atoms with Crippen LogP contribution < -0.4 is 4.74 Å². The number of ether oxygens (including phenoxy) is 1. The molecule has 1 saturated heterocycles. The molecule has 1 aromatic carbocycles. The van der Waals surface area contributed by atoms with Crippen molar-refractivity contribution in [1.29, 1.82) is 0 Å². The van der Waals surface area contributed by atoms with E-state index in [1.807, 2.05) is 24.0 Å². The third-order valence-electron chi connectivity index (χ3n) is 5.62. The minimum absolute atomic E-state index is 0.121. The molecule has 0 atom stereocenters. The van der Waals surface area contributed by atoms with Gasteiger partial charge in [-0.1, -0.05) is 28.8 Å². The number of rotatable bonds is 3. The highest BCUT2D eigenvalue weighted by molar-refractivity contribution is 9.10. The molecule has 6 heteroatoms. The molecular formula is C20H24BrN3O2. The molecule has 2 heterocycles. The van der Waals surface area contributed by atoms with Gasteiger partial charge in [-0.15, -0.1) is 0 Å². The Morgan fingerprint density at radius 1 is 1.15 bits per heavy atom. The smallest absolute Gasteiger partial charge is 0.225 e. The maximum Gasteiger partial charge on any atom is 0.225 e. The second kappa shape index (κ2) is 7.51. The monoisotopic (exact) mass is 417 g/mol. The molecule has 1 aliphatic heterocycles. The molecule has 4 rings (SSSR count). The van der Waals surface area contributed by atoms with Crippen LogP contribution in [0.25, 0.3) is 10.9 Å². The van der Waals surface area contributed by atoms with Gasteiger partial charge < -0.3 is 9.64 Å². The number of carbonyl (C=O) groups excluding carboxylic acids is 1. The van der Waals surface area contributed by atoms with Crippen LogP contribution in [0, 0.1) is 12.8 Å². The molecule has 1 aromatic heterocycles. The Kier molecular flexibility index (Phi) is 5.11. The zero-order valence-corrected chi connectivity index (χ0v) is 16.7. The highest BCUT2D eigenvalue weighted by Crippen LogP contribution is 2.32. The van der Waals surface area contributed by atoms with Crippen LogP contribution in [0.4, 0.5) is 0 Å². The zero-order valence-electron chi connectivity index (χ0n) is 15.1. The summed E-state index contributed by atoms with van der Waals surface area (Å²) in [6, 6.07) is 4.01. The number of likely N-dealkylation sites (tertiary alicyclic amines) is 1. The van der Waals surface area contributed by atoms with E-state index in [9.17, 15) is 4.79 Å². The Labute approximate surface area is 162 Å². The fraction of sp³-hybridized carbons (Fsp3) is 0.550. The summed E-state index contributed by atoms with van der Waals surface area (Å²) in [6.45, 7) is 3.56. The van der Waals surface area contributed by atoms with Crippen LogP contribution in [-0.4, -0.2) is 40.0 Å². The number of piperidine rings is 1. The number of halogens is 1. The first-order valence-electron chi connectivity index (χ1n) is 9.48. The number of benzene rings is 1. The standard InChI is InChI=1S/C20H24BrN3O2/c1-13-17-10-15(21)11-18(19(17)23-12-22-13)26-16-6-8-24(9-7-16)20(25)14-4-2-3-5-14/h10-12,14,16H,2-9H2,1H3. The van der Waals surface area contributed by atoms with Crippen molar-refractivity contribution in [3.05, 3.63) is 28.6 Å². The SMILES string of the molecule is Cc1ncnc2c(OC3CCN(C(=O)C4CCCC4)CC3)cc(Br)cc12. The first-order valence-corrected chi connectivity index (χ1v) is 10.3. The topological polar surface area (TPSA) is 55.3 Å². The summed E-state index contributed by atoms with van der Waals surface area (Å²) in [5.41, 5.74) is 1.79. The highest BCUT2D eigenvalue weighted by Gasteiger charge is 2.30. The summed E-state index contributed by atoms with van der Waals surface area (Å²) in [4.78, 5) is 23.3. The van der Waals surface area contributed by atoms with Gasteiger partial charge in [0.1, 0.15) is 23.7 Å². The Balaban J connectivity index is 1.44. The predicted molar refractivity (Wildman–Crippen MR) is 104 cm³/mol. The molecule has 138 valence electrons. The maximum atomic E-state index is 12.6. The van der Waals surface area contributed by atoms with Crippen LogP contribution in [-0.2, 0) is 4.79 Å². The van der Waals surface area contributed by atoms with Crippen molar-refractivity contribution in [3.8, 4) is 5.75 Å². The van der Waals surface area contributed by atoms with Gasteiger partial charge in [-0.3, -0.25) is 4.79 Å². The van der Waals surface area contributed by atoms with Gasteiger partial charge in [0.15, 0.2) is 0 Å². The molecule has 26 heavy (non-hydrogen) atoms. The van der Waals surface area contributed by atoms with Crippen molar-refractivity contribution in [2.45, 2.75) is 51.6 Å². The molecule has 5 nitrogen and oxygen atoms in total. The lowest BCUT2D eigenvalue weighted by Gasteiger charge is -2.33. The third kappa shape index (κ3) is 3.56. The highest BCUT2D eigenvalue weighted by atomic mass is 79.9.